The van der Waals surface area contributed by atoms with Crippen molar-refractivity contribution in [3.05, 3.63) is 59.5 Å². The molecule has 0 spiro atoms. The highest BCUT2D eigenvalue weighted by molar-refractivity contribution is 5.92. The number of benzene rings is 1. The molecule has 1 aromatic heterocycles. The number of aliphatic carboxylic acids is 1. The zero-order chi connectivity index (χ0) is 16.1. The zero-order valence-corrected chi connectivity index (χ0v) is 12.6. The average molecular weight is 301 g/mol. The Morgan fingerprint density at radius 3 is 2.41 bits per heavy atom. The third-order valence-electron chi connectivity index (χ3n) is 3.57. The number of carbonyl (C=O) groups excluding carboxylic acids is 1. The number of nitrogens with one attached hydrogen (secondary N) is 1. The lowest BCUT2D eigenvalue weighted by Gasteiger charge is -2.22. The molecular formula is C17H19NO4. The molecule has 2 rings (SSSR count). The minimum absolute atomic E-state index is 0.190. The smallest absolute Gasteiger partial charge is 0.308 e. The quantitative estimate of drug-likeness (QED) is 0.859. The Labute approximate surface area is 129 Å². The fraction of sp³-hybridized carbons (Fsp3) is 0.294. The fourth-order valence-corrected chi connectivity index (χ4v) is 2.20. The second-order valence-corrected chi connectivity index (χ2v) is 5.11. The van der Waals surface area contributed by atoms with Crippen molar-refractivity contribution >= 4 is 11.9 Å². The SMILES string of the molecule is CCc1ccc(C(=O)N[C@@H](c2ccccc2)[C@@H](C)C(=O)O)o1. The first-order valence-corrected chi connectivity index (χ1v) is 7.20. The van der Waals surface area contributed by atoms with Gasteiger partial charge in [0.15, 0.2) is 5.76 Å². The maximum absolute atomic E-state index is 12.3. The molecule has 1 heterocycles. The number of aryl methyl sites for hydroxylation is 1. The van der Waals surface area contributed by atoms with E-state index in [1.165, 1.54) is 0 Å². The standard InChI is InChI=1S/C17H19NO4/c1-3-13-9-10-14(22-13)16(19)18-15(11(2)17(20)21)12-7-5-4-6-8-12/h4-11,15H,3H2,1-2H3,(H,18,19)(H,20,21)/t11-,15-/m1/s1. The van der Waals surface area contributed by atoms with E-state index in [1.54, 1.807) is 31.2 Å². The van der Waals surface area contributed by atoms with Crippen molar-refractivity contribution in [3.63, 3.8) is 0 Å². The van der Waals surface area contributed by atoms with E-state index in [1.807, 2.05) is 25.1 Å². The lowest BCUT2D eigenvalue weighted by atomic mass is 9.94. The van der Waals surface area contributed by atoms with Crippen LogP contribution in [0.15, 0.2) is 46.9 Å². The summed E-state index contributed by atoms with van der Waals surface area (Å²) < 4.78 is 5.41. The molecule has 0 aliphatic carbocycles. The Morgan fingerprint density at radius 1 is 1.18 bits per heavy atom. The molecule has 0 aliphatic heterocycles. The van der Waals surface area contributed by atoms with Crippen LogP contribution in [-0.4, -0.2) is 17.0 Å². The summed E-state index contributed by atoms with van der Waals surface area (Å²) in [6.07, 6.45) is 0.695. The van der Waals surface area contributed by atoms with Gasteiger partial charge in [-0.3, -0.25) is 9.59 Å². The Morgan fingerprint density at radius 2 is 1.86 bits per heavy atom. The highest BCUT2D eigenvalue weighted by Crippen LogP contribution is 2.23. The molecule has 22 heavy (non-hydrogen) atoms. The molecule has 1 amide bonds. The van der Waals surface area contributed by atoms with Crippen molar-refractivity contribution in [1.82, 2.24) is 5.32 Å². The normalized spacial score (nSPS) is 13.4. The molecule has 0 fully saturated rings. The van der Waals surface area contributed by atoms with Gasteiger partial charge in [0.2, 0.25) is 0 Å². The maximum Gasteiger partial charge on any atom is 0.308 e. The van der Waals surface area contributed by atoms with Crippen molar-refractivity contribution in [3.8, 4) is 0 Å². The summed E-state index contributed by atoms with van der Waals surface area (Å²) in [6, 6.07) is 11.8. The first-order valence-electron chi connectivity index (χ1n) is 7.20. The molecule has 116 valence electrons. The highest BCUT2D eigenvalue weighted by Gasteiger charge is 2.27. The first-order chi connectivity index (χ1) is 10.5. The van der Waals surface area contributed by atoms with Gasteiger partial charge in [0, 0.05) is 6.42 Å². The van der Waals surface area contributed by atoms with Gasteiger partial charge in [0.25, 0.3) is 5.91 Å². The van der Waals surface area contributed by atoms with Gasteiger partial charge in [-0.05, 0) is 24.6 Å². The number of amides is 1. The summed E-state index contributed by atoms with van der Waals surface area (Å²) in [7, 11) is 0. The van der Waals surface area contributed by atoms with Crippen molar-refractivity contribution in [2.75, 3.05) is 0 Å². The van der Waals surface area contributed by atoms with E-state index < -0.39 is 23.8 Å². The van der Waals surface area contributed by atoms with E-state index in [0.29, 0.717) is 12.2 Å². The van der Waals surface area contributed by atoms with Crippen LogP contribution < -0.4 is 5.32 Å². The first kappa shape index (κ1) is 15.8. The lowest BCUT2D eigenvalue weighted by Crippen LogP contribution is -2.35. The Balaban J connectivity index is 2.22. The molecule has 2 atom stereocenters. The summed E-state index contributed by atoms with van der Waals surface area (Å²) in [6.45, 7) is 3.50. The molecule has 0 radical (unpaired) electrons. The molecule has 0 bridgehead atoms. The van der Waals surface area contributed by atoms with E-state index in [9.17, 15) is 14.7 Å². The Kier molecular flexibility index (Phi) is 4.99. The number of carboxylic acid groups (broad SMARTS) is 1. The van der Waals surface area contributed by atoms with Crippen LogP contribution in [0.5, 0.6) is 0 Å². The number of carbonyl (C=O) groups is 2. The number of hydrogen-bond donors (Lipinski definition) is 2. The van der Waals surface area contributed by atoms with Gasteiger partial charge in [-0.25, -0.2) is 0 Å². The average Bonchev–Trinajstić information content (AvgIpc) is 3.01. The van der Waals surface area contributed by atoms with Gasteiger partial charge in [-0.1, -0.05) is 37.3 Å². The Hall–Kier alpha value is -2.56. The summed E-state index contributed by atoms with van der Waals surface area (Å²) >= 11 is 0. The number of carboxylic acids is 1. The molecule has 1 aromatic carbocycles. The van der Waals surface area contributed by atoms with Gasteiger partial charge in [-0.2, -0.15) is 0 Å². The van der Waals surface area contributed by atoms with Gasteiger partial charge in [-0.15, -0.1) is 0 Å². The van der Waals surface area contributed by atoms with Crippen molar-refractivity contribution < 1.29 is 19.1 Å². The van der Waals surface area contributed by atoms with E-state index in [2.05, 4.69) is 5.32 Å². The van der Waals surface area contributed by atoms with Gasteiger partial charge in [0.1, 0.15) is 5.76 Å². The minimum atomic E-state index is -0.970. The second-order valence-electron chi connectivity index (χ2n) is 5.11. The predicted molar refractivity (Wildman–Crippen MR) is 81.5 cm³/mol. The van der Waals surface area contributed by atoms with Crippen molar-refractivity contribution in [2.45, 2.75) is 26.3 Å². The molecule has 2 N–H and O–H groups in total. The van der Waals surface area contributed by atoms with Crippen LogP contribution in [0, 0.1) is 5.92 Å². The molecular weight excluding hydrogens is 282 g/mol. The summed E-state index contributed by atoms with van der Waals surface area (Å²) in [5, 5.41) is 12.0. The van der Waals surface area contributed by atoms with Crippen LogP contribution in [0.1, 0.15) is 41.8 Å². The number of rotatable bonds is 6. The highest BCUT2D eigenvalue weighted by atomic mass is 16.4. The Bertz CT molecular complexity index is 648. The van der Waals surface area contributed by atoms with Crippen LogP contribution >= 0.6 is 0 Å². The monoisotopic (exact) mass is 301 g/mol. The molecule has 0 saturated carbocycles. The van der Waals surface area contributed by atoms with E-state index in [-0.39, 0.29) is 5.76 Å². The number of hydrogen-bond acceptors (Lipinski definition) is 3. The fourth-order valence-electron chi connectivity index (χ4n) is 2.20. The molecule has 0 saturated heterocycles. The topological polar surface area (TPSA) is 79.5 Å². The van der Waals surface area contributed by atoms with Crippen LogP contribution in [-0.2, 0) is 11.2 Å². The van der Waals surface area contributed by atoms with Crippen molar-refractivity contribution in [1.29, 1.82) is 0 Å². The minimum Gasteiger partial charge on any atom is -0.481 e. The van der Waals surface area contributed by atoms with Crippen LogP contribution in [0.25, 0.3) is 0 Å². The van der Waals surface area contributed by atoms with Crippen molar-refractivity contribution in [2.24, 2.45) is 5.92 Å². The lowest BCUT2D eigenvalue weighted by molar-refractivity contribution is -0.142. The maximum atomic E-state index is 12.3. The molecule has 0 aliphatic rings. The predicted octanol–water partition coefficient (Wildman–Crippen LogP) is 3.03. The molecule has 0 unspecified atom stereocenters. The van der Waals surface area contributed by atoms with Crippen LogP contribution in [0.3, 0.4) is 0 Å². The van der Waals surface area contributed by atoms with E-state index >= 15 is 0 Å². The van der Waals surface area contributed by atoms with E-state index in [0.717, 1.165) is 5.56 Å². The van der Waals surface area contributed by atoms with E-state index in [4.69, 9.17) is 4.42 Å². The zero-order valence-electron chi connectivity index (χ0n) is 12.6. The molecule has 5 nitrogen and oxygen atoms in total. The number of furan rings is 1. The van der Waals surface area contributed by atoms with Gasteiger partial charge in [0.05, 0.1) is 12.0 Å². The third kappa shape index (κ3) is 3.55. The van der Waals surface area contributed by atoms with Gasteiger partial charge >= 0.3 is 5.97 Å². The summed E-state index contributed by atoms with van der Waals surface area (Å²) in [4.78, 5) is 23.6. The summed E-state index contributed by atoms with van der Waals surface area (Å²) in [5.74, 6) is -1.24. The summed E-state index contributed by atoms with van der Waals surface area (Å²) in [5.41, 5.74) is 0.744. The molecule has 5 heteroatoms. The van der Waals surface area contributed by atoms with Gasteiger partial charge < -0.3 is 14.8 Å². The molecule has 2 aromatic rings. The third-order valence-corrected chi connectivity index (χ3v) is 3.57. The largest absolute Gasteiger partial charge is 0.481 e. The van der Waals surface area contributed by atoms with Crippen LogP contribution in [0.4, 0.5) is 0 Å². The second kappa shape index (κ2) is 6.93. The van der Waals surface area contributed by atoms with Crippen LogP contribution in [0.2, 0.25) is 0 Å².